The van der Waals surface area contributed by atoms with E-state index in [1.54, 1.807) is 48.5 Å². The number of methoxy groups -OCH3 is 3. The average molecular weight is 455 g/mol. The number of carbonyl (C=O) groups excluding carboxylic acids is 2. The third kappa shape index (κ3) is 5.16. The zero-order chi connectivity index (χ0) is 23.1. The summed E-state index contributed by atoms with van der Waals surface area (Å²) in [4.78, 5) is 24.9. The minimum atomic E-state index is -0.494. The number of benzene rings is 2. The maximum absolute atomic E-state index is 12.7. The van der Waals surface area contributed by atoms with E-state index in [0.717, 1.165) is 0 Å². The monoisotopic (exact) mass is 455 g/mol. The fourth-order valence-electron chi connectivity index (χ4n) is 2.87. The van der Waals surface area contributed by atoms with E-state index in [0.29, 0.717) is 28.6 Å². The Hall–Kier alpha value is -4.05. The largest absolute Gasteiger partial charge is 0.496 e. The standard InChI is InChI=1S/C22H21N3O6S/c1-28-15-6-4-7-16(29-2)19(15)21(27)25-22(32)23-13-9-10-14(18(12-13)30-3)24-20(26)17-8-5-11-31-17/h4-12H,1-3H3,(H,24,26)(H2,23,25,27,32). The highest BCUT2D eigenvalue weighted by atomic mass is 32.1. The van der Waals surface area contributed by atoms with Crippen LogP contribution in [0.4, 0.5) is 11.4 Å². The van der Waals surface area contributed by atoms with E-state index in [-0.39, 0.29) is 16.4 Å². The molecule has 0 atom stereocenters. The average Bonchev–Trinajstić information content (AvgIpc) is 3.34. The van der Waals surface area contributed by atoms with Crippen LogP contribution in [-0.2, 0) is 0 Å². The van der Waals surface area contributed by atoms with Crippen molar-refractivity contribution in [3.63, 3.8) is 0 Å². The molecule has 166 valence electrons. The fraction of sp³-hybridized carbons (Fsp3) is 0.136. The predicted molar refractivity (Wildman–Crippen MR) is 123 cm³/mol. The lowest BCUT2D eigenvalue weighted by Crippen LogP contribution is -2.34. The van der Waals surface area contributed by atoms with Crippen molar-refractivity contribution in [2.24, 2.45) is 0 Å². The highest BCUT2D eigenvalue weighted by molar-refractivity contribution is 7.80. The Bertz CT molecular complexity index is 1110. The van der Waals surface area contributed by atoms with Gasteiger partial charge in [0, 0.05) is 11.8 Å². The summed E-state index contributed by atoms with van der Waals surface area (Å²) in [7, 11) is 4.39. The van der Waals surface area contributed by atoms with Gasteiger partial charge < -0.3 is 29.3 Å². The normalized spacial score (nSPS) is 10.1. The van der Waals surface area contributed by atoms with Gasteiger partial charge in [-0.3, -0.25) is 14.9 Å². The molecule has 0 saturated heterocycles. The lowest BCUT2D eigenvalue weighted by Gasteiger charge is -2.15. The smallest absolute Gasteiger partial charge is 0.291 e. The van der Waals surface area contributed by atoms with Gasteiger partial charge in [0.2, 0.25) is 0 Å². The first kappa shape index (κ1) is 22.6. The molecule has 32 heavy (non-hydrogen) atoms. The first-order chi connectivity index (χ1) is 15.5. The Morgan fingerprint density at radius 1 is 0.844 bits per heavy atom. The predicted octanol–water partition coefficient (Wildman–Crippen LogP) is 3.68. The molecule has 2 aromatic carbocycles. The number of hydrogen-bond acceptors (Lipinski definition) is 7. The molecular formula is C22H21N3O6S. The second kappa shape index (κ2) is 10.3. The highest BCUT2D eigenvalue weighted by Crippen LogP contribution is 2.29. The van der Waals surface area contributed by atoms with Gasteiger partial charge in [-0.1, -0.05) is 6.07 Å². The van der Waals surface area contributed by atoms with Crippen molar-refractivity contribution in [1.82, 2.24) is 5.32 Å². The molecule has 0 radical (unpaired) electrons. The summed E-state index contributed by atoms with van der Waals surface area (Å²) in [6.45, 7) is 0. The first-order valence-electron chi connectivity index (χ1n) is 9.33. The van der Waals surface area contributed by atoms with Crippen molar-refractivity contribution in [3.05, 3.63) is 66.1 Å². The van der Waals surface area contributed by atoms with E-state index < -0.39 is 11.8 Å². The van der Waals surface area contributed by atoms with Gasteiger partial charge in [0.25, 0.3) is 11.8 Å². The number of amides is 2. The van der Waals surface area contributed by atoms with Crippen molar-refractivity contribution in [2.75, 3.05) is 32.0 Å². The summed E-state index contributed by atoms with van der Waals surface area (Å²) in [6.07, 6.45) is 1.41. The number of rotatable bonds is 7. The summed E-state index contributed by atoms with van der Waals surface area (Å²) in [5.74, 6) is 0.347. The molecule has 0 unspecified atom stereocenters. The van der Waals surface area contributed by atoms with Crippen LogP contribution in [0.1, 0.15) is 20.9 Å². The molecular weight excluding hydrogens is 434 g/mol. The van der Waals surface area contributed by atoms with Crippen LogP contribution in [0.5, 0.6) is 17.2 Å². The lowest BCUT2D eigenvalue weighted by atomic mass is 10.1. The number of carbonyl (C=O) groups is 2. The van der Waals surface area contributed by atoms with E-state index >= 15 is 0 Å². The van der Waals surface area contributed by atoms with Crippen LogP contribution >= 0.6 is 12.2 Å². The molecule has 1 aromatic heterocycles. The van der Waals surface area contributed by atoms with Crippen molar-refractivity contribution in [2.45, 2.75) is 0 Å². The van der Waals surface area contributed by atoms with Gasteiger partial charge in [0.15, 0.2) is 10.9 Å². The minimum absolute atomic E-state index is 0.0531. The Kier molecular flexibility index (Phi) is 7.29. The maximum Gasteiger partial charge on any atom is 0.291 e. The van der Waals surface area contributed by atoms with E-state index in [1.807, 2.05) is 0 Å². The lowest BCUT2D eigenvalue weighted by molar-refractivity contribution is 0.0969. The molecule has 0 aliphatic heterocycles. The number of thiocarbonyl (C=S) groups is 1. The molecule has 1 heterocycles. The summed E-state index contributed by atoms with van der Waals surface area (Å²) in [5, 5.41) is 8.26. The number of furan rings is 1. The van der Waals surface area contributed by atoms with Crippen molar-refractivity contribution >= 4 is 40.5 Å². The van der Waals surface area contributed by atoms with Gasteiger partial charge in [0.05, 0.1) is 33.3 Å². The van der Waals surface area contributed by atoms with Gasteiger partial charge in [-0.25, -0.2) is 0 Å². The number of nitrogens with one attached hydrogen (secondary N) is 3. The number of anilines is 2. The summed E-state index contributed by atoms with van der Waals surface area (Å²) in [6, 6.07) is 13.1. The van der Waals surface area contributed by atoms with Gasteiger partial charge in [-0.2, -0.15) is 0 Å². The molecule has 0 bridgehead atoms. The van der Waals surface area contributed by atoms with Crippen LogP contribution in [0, 0.1) is 0 Å². The van der Waals surface area contributed by atoms with E-state index in [1.165, 1.54) is 27.6 Å². The Labute approximate surface area is 189 Å². The zero-order valence-electron chi connectivity index (χ0n) is 17.6. The third-order valence-electron chi connectivity index (χ3n) is 4.33. The fourth-order valence-corrected chi connectivity index (χ4v) is 3.08. The topological polar surface area (TPSA) is 111 Å². The second-order valence-electron chi connectivity index (χ2n) is 6.29. The van der Waals surface area contributed by atoms with Gasteiger partial charge in [-0.15, -0.1) is 0 Å². The SMILES string of the molecule is COc1cc(NC(=S)NC(=O)c2c(OC)cccc2OC)ccc1NC(=O)c1ccco1. The van der Waals surface area contributed by atoms with E-state index in [9.17, 15) is 9.59 Å². The zero-order valence-corrected chi connectivity index (χ0v) is 18.4. The van der Waals surface area contributed by atoms with Gasteiger partial charge in [-0.05, 0) is 48.6 Å². The number of ether oxygens (including phenoxy) is 3. The highest BCUT2D eigenvalue weighted by Gasteiger charge is 2.19. The molecule has 0 aliphatic rings. The summed E-state index contributed by atoms with van der Waals surface area (Å²) >= 11 is 5.26. The Balaban J connectivity index is 1.70. The van der Waals surface area contributed by atoms with Gasteiger partial charge in [0.1, 0.15) is 22.8 Å². The second-order valence-corrected chi connectivity index (χ2v) is 6.70. The van der Waals surface area contributed by atoms with Crippen LogP contribution in [0.25, 0.3) is 0 Å². The van der Waals surface area contributed by atoms with E-state index in [2.05, 4.69) is 16.0 Å². The molecule has 3 N–H and O–H groups in total. The van der Waals surface area contributed by atoms with E-state index in [4.69, 9.17) is 30.8 Å². The van der Waals surface area contributed by atoms with Crippen LogP contribution in [0.2, 0.25) is 0 Å². The van der Waals surface area contributed by atoms with Crippen LogP contribution in [-0.4, -0.2) is 38.3 Å². The molecule has 0 spiro atoms. The van der Waals surface area contributed by atoms with Crippen LogP contribution in [0.3, 0.4) is 0 Å². The molecule has 2 amide bonds. The van der Waals surface area contributed by atoms with Gasteiger partial charge >= 0.3 is 0 Å². The molecule has 10 heteroatoms. The van der Waals surface area contributed by atoms with Crippen molar-refractivity contribution in [3.8, 4) is 17.2 Å². The molecule has 0 saturated carbocycles. The maximum atomic E-state index is 12.7. The van der Waals surface area contributed by atoms with Crippen LogP contribution < -0.4 is 30.2 Å². The molecule has 0 aliphatic carbocycles. The Morgan fingerprint density at radius 3 is 2.12 bits per heavy atom. The Morgan fingerprint density at radius 2 is 1.53 bits per heavy atom. The third-order valence-corrected chi connectivity index (χ3v) is 4.54. The van der Waals surface area contributed by atoms with Crippen molar-refractivity contribution < 1.29 is 28.2 Å². The minimum Gasteiger partial charge on any atom is -0.496 e. The molecule has 9 nitrogen and oxygen atoms in total. The first-order valence-corrected chi connectivity index (χ1v) is 9.73. The number of hydrogen-bond donors (Lipinski definition) is 3. The molecule has 3 aromatic rings. The van der Waals surface area contributed by atoms with Crippen molar-refractivity contribution in [1.29, 1.82) is 0 Å². The quantitative estimate of drug-likeness (QED) is 0.463. The molecule has 0 fully saturated rings. The van der Waals surface area contributed by atoms with Crippen LogP contribution in [0.15, 0.2) is 59.2 Å². The summed E-state index contributed by atoms with van der Waals surface area (Å²) < 4.78 is 20.9. The summed E-state index contributed by atoms with van der Waals surface area (Å²) in [5.41, 5.74) is 1.19. The molecule has 3 rings (SSSR count).